The standard InChI is InChI=1S/C13H24N4O/c1-5-13(6-2,9-14)12(18)16-11-7-15-17(8-11)10(3)4/h7-8,10H,5-6,9,14H2,1-4H3,(H,16,18). The van der Waals surface area contributed by atoms with E-state index in [0.717, 1.165) is 18.5 Å². The first kappa shape index (κ1) is 14.7. The molecule has 5 heteroatoms. The minimum Gasteiger partial charge on any atom is -0.329 e. The number of nitrogens with zero attached hydrogens (tertiary/aromatic N) is 2. The third kappa shape index (κ3) is 2.90. The van der Waals surface area contributed by atoms with E-state index in [0.29, 0.717) is 6.54 Å². The van der Waals surface area contributed by atoms with Gasteiger partial charge in [0.15, 0.2) is 0 Å². The Labute approximate surface area is 109 Å². The van der Waals surface area contributed by atoms with Gasteiger partial charge < -0.3 is 11.1 Å². The zero-order chi connectivity index (χ0) is 13.8. The van der Waals surface area contributed by atoms with Gasteiger partial charge in [-0.15, -0.1) is 0 Å². The van der Waals surface area contributed by atoms with Crippen LogP contribution in [-0.2, 0) is 4.79 Å². The summed E-state index contributed by atoms with van der Waals surface area (Å²) in [5, 5.41) is 7.11. The number of amides is 1. The highest BCUT2D eigenvalue weighted by Gasteiger charge is 2.33. The Morgan fingerprint density at radius 3 is 2.50 bits per heavy atom. The van der Waals surface area contributed by atoms with Crippen molar-refractivity contribution in [2.24, 2.45) is 11.1 Å². The summed E-state index contributed by atoms with van der Waals surface area (Å²) < 4.78 is 1.82. The molecule has 0 spiro atoms. The van der Waals surface area contributed by atoms with Crippen LogP contribution in [0.15, 0.2) is 12.4 Å². The monoisotopic (exact) mass is 252 g/mol. The largest absolute Gasteiger partial charge is 0.329 e. The lowest BCUT2D eigenvalue weighted by Crippen LogP contribution is -2.41. The summed E-state index contributed by atoms with van der Waals surface area (Å²) in [4.78, 5) is 12.3. The Balaban J connectivity index is 2.79. The van der Waals surface area contributed by atoms with Gasteiger partial charge in [0.2, 0.25) is 5.91 Å². The van der Waals surface area contributed by atoms with Crippen molar-refractivity contribution in [1.82, 2.24) is 9.78 Å². The molecule has 0 unspecified atom stereocenters. The Morgan fingerprint density at radius 1 is 1.50 bits per heavy atom. The maximum absolute atomic E-state index is 12.3. The van der Waals surface area contributed by atoms with Crippen LogP contribution in [0.5, 0.6) is 0 Å². The summed E-state index contributed by atoms with van der Waals surface area (Å²) in [5.41, 5.74) is 6.01. The smallest absolute Gasteiger partial charge is 0.231 e. The maximum Gasteiger partial charge on any atom is 0.231 e. The van der Waals surface area contributed by atoms with E-state index < -0.39 is 5.41 Å². The number of carbonyl (C=O) groups is 1. The van der Waals surface area contributed by atoms with Gasteiger partial charge in [0.25, 0.3) is 0 Å². The van der Waals surface area contributed by atoms with E-state index in [1.165, 1.54) is 0 Å². The fraction of sp³-hybridized carbons (Fsp3) is 0.692. The van der Waals surface area contributed by atoms with Crippen molar-refractivity contribution in [2.75, 3.05) is 11.9 Å². The van der Waals surface area contributed by atoms with Crippen LogP contribution in [0.4, 0.5) is 5.69 Å². The molecular formula is C13H24N4O. The van der Waals surface area contributed by atoms with Crippen LogP contribution in [0.2, 0.25) is 0 Å². The van der Waals surface area contributed by atoms with Gasteiger partial charge in [-0.3, -0.25) is 9.48 Å². The minimum atomic E-state index is -0.472. The molecule has 1 aromatic rings. The van der Waals surface area contributed by atoms with Crippen molar-refractivity contribution in [3.05, 3.63) is 12.4 Å². The summed E-state index contributed by atoms with van der Waals surface area (Å²) in [6.45, 7) is 8.44. The van der Waals surface area contributed by atoms with Crippen LogP contribution in [0.3, 0.4) is 0 Å². The average Bonchev–Trinajstić information content (AvgIpc) is 2.81. The Morgan fingerprint density at radius 2 is 2.11 bits per heavy atom. The van der Waals surface area contributed by atoms with E-state index in [4.69, 9.17) is 5.73 Å². The van der Waals surface area contributed by atoms with E-state index in [9.17, 15) is 4.79 Å². The minimum absolute atomic E-state index is 0.0155. The fourth-order valence-electron chi connectivity index (χ4n) is 1.90. The SMILES string of the molecule is CCC(CC)(CN)C(=O)Nc1cnn(C(C)C)c1. The molecule has 0 saturated carbocycles. The molecule has 0 aromatic carbocycles. The number of nitrogens with one attached hydrogen (secondary N) is 1. The molecule has 1 heterocycles. The molecule has 0 fully saturated rings. The number of carbonyl (C=O) groups excluding carboxylic acids is 1. The van der Waals surface area contributed by atoms with Gasteiger partial charge in [0, 0.05) is 18.8 Å². The number of rotatable bonds is 6. The predicted molar refractivity (Wildman–Crippen MR) is 73.3 cm³/mol. The molecule has 0 saturated heterocycles. The van der Waals surface area contributed by atoms with E-state index in [-0.39, 0.29) is 11.9 Å². The van der Waals surface area contributed by atoms with E-state index in [2.05, 4.69) is 10.4 Å². The molecule has 0 aliphatic heterocycles. The highest BCUT2D eigenvalue weighted by molar-refractivity contribution is 5.95. The summed E-state index contributed by atoms with van der Waals surface area (Å²) in [7, 11) is 0. The van der Waals surface area contributed by atoms with Crippen molar-refractivity contribution in [2.45, 2.75) is 46.6 Å². The Hall–Kier alpha value is -1.36. The summed E-state index contributed by atoms with van der Waals surface area (Å²) in [5.74, 6) is -0.0155. The summed E-state index contributed by atoms with van der Waals surface area (Å²) >= 11 is 0. The number of hydrogen-bond donors (Lipinski definition) is 2. The van der Waals surface area contributed by atoms with Crippen LogP contribution in [0.25, 0.3) is 0 Å². The second-order valence-electron chi connectivity index (χ2n) is 4.95. The molecule has 3 N–H and O–H groups in total. The van der Waals surface area contributed by atoms with Gasteiger partial charge in [-0.25, -0.2) is 0 Å². The molecule has 5 nitrogen and oxygen atoms in total. The summed E-state index contributed by atoms with van der Waals surface area (Å²) in [6.07, 6.45) is 4.99. The topological polar surface area (TPSA) is 72.9 Å². The van der Waals surface area contributed by atoms with Gasteiger partial charge in [0.05, 0.1) is 17.3 Å². The Bertz CT molecular complexity index is 385. The van der Waals surface area contributed by atoms with Crippen molar-refractivity contribution >= 4 is 11.6 Å². The molecule has 0 atom stereocenters. The number of anilines is 1. The van der Waals surface area contributed by atoms with Gasteiger partial charge in [-0.1, -0.05) is 13.8 Å². The van der Waals surface area contributed by atoms with Crippen molar-refractivity contribution in [3.63, 3.8) is 0 Å². The molecule has 0 aliphatic carbocycles. The zero-order valence-corrected chi connectivity index (χ0v) is 11.7. The van der Waals surface area contributed by atoms with Crippen LogP contribution in [0.1, 0.15) is 46.6 Å². The molecule has 0 radical (unpaired) electrons. The van der Waals surface area contributed by atoms with E-state index in [1.54, 1.807) is 6.20 Å². The fourth-order valence-corrected chi connectivity index (χ4v) is 1.90. The number of hydrogen-bond acceptors (Lipinski definition) is 3. The molecular weight excluding hydrogens is 228 g/mol. The second-order valence-corrected chi connectivity index (χ2v) is 4.95. The molecule has 102 valence electrons. The molecule has 1 amide bonds. The van der Waals surface area contributed by atoms with Crippen LogP contribution < -0.4 is 11.1 Å². The first-order valence-corrected chi connectivity index (χ1v) is 6.54. The molecule has 18 heavy (non-hydrogen) atoms. The van der Waals surface area contributed by atoms with Gasteiger partial charge in [-0.05, 0) is 26.7 Å². The van der Waals surface area contributed by atoms with Crippen molar-refractivity contribution < 1.29 is 4.79 Å². The highest BCUT2D eigenvalue weighted by Crippen LogP contribution is 2.26. The van der Waals surface area contributed by atoms with E-state index >= 15 is 0 Å². The molecule has 0 aliphatic rings. The molecule has 1 rings (SSSR count). The highest BCUT2D eigenvalue weighted by atomic mass is 16.2. The first-order chi connectivity index (χ1) is 8.49. The lowest BCUT2D eigenvalue weighted by atomic mass is 9.81. The van der Waals surface area contributed by atoms with E-state index in [1.807, 2.05) is 38.6 Å². The number of nitrogens with two attached hydrogens (primary N) is 1. The third-order valence-corrected chi connectivity index (χ3v) is 3.61. The zero-order valence-electron chi connectivity index (χ0n) is 11.7. The van der Waals surface area contributed by atoms with Crippen molar-refractivity contribution in [3.8, 4) is 0 Å². The van der Waals surface area contributed by atoms with Crippen LogP contribution in [-0.4, -0.2) is 22.2 Å². The van der Waals surface area contributed by atoms with Crippen molar-refractivity contribution in [1.29, 1.82) is 0 Å². The molecule has 1 aromatic heterocycles. The van der Waals surface area contributed by atoms with Gasteiger partial charge >= 0.3 is 0 Å². The maximum atomic E-state index is 12.3. The second kappa shape index (κ2) is 6.00. The quantitative estimate of drug-likeness (QED) is 0.815. The normalized spacial score (nSPS) is 11.9. The average molecular weight is 252 g/mol. The number of aromatic nitrogens is 2. The van der Waals surface area contributed by atoms with Gasteiger partial charge in [-0.2, -0.15) is 5.10 Å². The van der Waals surface area contributed by atoms with Gasteiger partial charge in [0.1, 0.15) is 0 Å². The van der Waals surface area contributed by atoms with Crippen LogP contribution in [0, 0.1) is 5.41 Å². The predicted octanol–water partition coefficient (Wildman–Crippen LogP) is 2.17. The van der Waals surface area contributed by atoms with Crippen LogP contribution >= 0.6 is 0 Å². The first-order valence-electron chi connectivity index (χ1n) is 6.54. The molecule has 0 bridgehead atoms. The third-order valence-electron chi connectivity index (χ3n) is 3.61. The lowest BCUT2D eigenvalue weighted by molar-refractivity contribution is -0.125. The summed E-state index contributed by atoms with van der Waals surface area (Å²) in [6, 6.07) is 0.285. The Kier molecular flexibility index (Phi) is 4.90. The lowest BCUT2D eigenvalue weighted by Gasteiger charge is -2.28.